The highest BCUT2D eigenvalue weighted by atomic mass is 35.5. The average Bonchev–Trinajstić information content (AvgIpc) is 3.12. The van der Waals surface area contributed by atoms with Crippen molar-refractivity contribution in [2.75, 3.05) is 7.11 Å². The lowest BCUT2D eigenvalue weighted by atomic mass is 9.95. The molecule has 6 heteroatoms. The Hall–Kier alpha value is -3.57. The van der Waals surface area contributed by atoms with Gasteiger partial charge in [-0.2, -0.15) is 0 Å². The molecule has 0 radical (unpaired) electrons. The third kappa shape index (κ3) is 4.00. The van der Waals surface area contributed by atoms with Crippen LogP contribution in [0.3, 0.4) is 0 Å². The monoisotopic (exact) mass is 487 g/mol. The van der Waals surface area contributed by atoms with Crippen LogP contribution >= 0.6 is 11.6 Å². The first-order valence-corrected chi connectivity index (χ1v) is 12.0. The lowest BCUT2D eigenvalue weighted by Gasteiger charge is -2.25. The van der Waals surface area contributed by atoms with Crippen LogP contribution in [0.1, 0.15) is 64.2 Å². The Morgan fingerprint density at radius 2 is 1.71 bits per heavy atom. The summed E-state index contributed by atoms with van der Waals surface area (Å²) in [4.78, 5) is 29.1. The fourth-order valence-electron chi connectivity index (χ4n) is 4.64. The van der Waals surface area contributed by atoms with E-state index in [1.807, 2.05) is 43.3 Å². The maximum absolute atomic E-state index is 13.8. The van der Waals surface area contributed by atoms with Gasteiger partial charge in [-0.1, -0.05) is 61.8 Å². The summed E-state index contributed by atoms with van der Waals surface area (Å²) in [6.07, 6.45) is 0. The van der Waals surface area contributed by atoms with Gasteiger partial charge in [0, 0.05) is 11.6 Å². The highest BCUT2D eigenvalue weighted by Gasteiger charge is 2.42. The number of nitrogens with zero attached hydrogens (tertiary/aromatic N) is 1. The van der Waals surface area contributed by atoms with Crippen molar-refractivity contribution in [3.05, 3.63) is 109 Å². The quantitative estimate of drug-likeness (QED) is 0.317. The Labute approximate surface area is 208 Å². The smallest absolute Gasteiger partial charge is 0.291 e. The molecule has 1 aromatic heterocycles. The van der Waals surface area contributed by atoms with Crippen LogP contribution in [0.5, 0.6) is 5.75 Å². The number of carbonyl (C=O) groups is 1. The number of amides is 1. The van der Waals surface area contributed by atoms with Gasteiger partial charge in [0.25, 0.3) is 5.91 Å². The zero-order chi connectivity index (χ0) is 24.9. The normalized spacial score (nSPS) is 15.2. The topological polar surface area (TPSA) is 59.8 Å². The van der Waals surface area contributed by atoms with Crippen molar-refractivity contribution in [2.24, 2.45) is 0 Å². The fraction of sp³-hybridized carbons (Fsp3) is 0.241. The Morgan fingerprint density at radius 3 is 2.34 bits per heavy atom. The van der Waals surface area contributed by atoms with Gasteiger partial charge in [0.15, 0.2) is 5.43 Å². The van der Waals surface area contributed by atoms with E-state index >= 15 is 0 Å². The molecule has 1 aliphatic heterocycles. The highest BCUT2D eigenvalue weighted by molar-refractivity contribution is 6.32. The molecular weight excluding hydrogens is 462 g/mol. The second-order valence-electron chi connectivity index (χ2n) is 9.28. The van der Waals surface area contributed by atoms with Crippen molar-refractivity contribution in [1.82, 2.24) is 4.90 Å². The molecule has 0 saturated carbocycles. The van der Waals surface area contributed by atoms with Crippen molar-refractivity contribution in [3.8, 4) is 5.75 Å². The standard InChI is InChI=1S/C29H26ClNO4/c1-16(2)19-7-9-20(10-8-19)26-25-27(32)22-14-23(30)17(3)13-24(22)35-28(25)29(33)31(26)15-18-5-11-21(34-4)12-6-18/h5-14,16,26H,15H2,1-4H3. The molecule has 0 saturated heterocycles. The van der Waals surface area contributed by atoms with E-state index in [9.17, 15) is 9.59 Å². The molecule has 1 atom stereocenters. The van der Waals surface area contributed by atoms with E-state index in [1.165, 1.54) is 5.56 Å². The van der Waals surface area contributed by atoms with Crippen molar-refractivity contribution in [1.29, 1.82) is 0 Å². The summed E-state index contributed by atoms with van der Waals surface area (Å²) >= 11 is 6.33. The van der Waals surface area contributed by atoms with E-state index in [2.05, 4.69) is 26.0 Å². The van der Waals surface area contributed by atoms with Crippen LogP contribution in [0.4, 0.5) is 0 Å². The van der Waals surface area contributed by atoms with Crippen LogP contribution in [0, 0.1) is 6.92 Å². The first-order chi connectivity index (χ1) is 16.8. The molecule has 5 nitrogen and oxygen atoms in total. The van der Waals surface area contributed by atoms with Gasteiger partial charge in [-0.3, -0.25) is 9.59 Å². The van der Waals surface area contributed by atoms with Crippen molar-refractivity contribution < 1.29 is 13.9 Å². The van der Waals surface area contributed by atoms with Crippen molar-refractivity contribution >= 4 is 28.5 Å². The third-order valence-corrected chi connectivity index (χ3v) is 7.08. The molecule has 1 amide bonds. The molecular formula is C29H26ClNO4. The number of hydrogen-bond acceptors (Lipinski definition) is 4. The van der Waals surface area contributed by atoms with Gasteiger partial charge in [-0.05, 0) is 59.4 Å². The van der Waals surface area contributed by atoms with Crippen LogP contribution < -0.4 is 10.2 Å². The van der Waals surface area contributed by atoms with Gasteiger partial charge in [0.1, 0.15) is 11.3 Å². The summed E-state index contributed by atoms with van der Waals surface area (Å²) in [7, 11) is 1.61. The Bertz CT molecular complexity index is 1490. The SMILES string of the molecule is COc1ccc(CN2C(=O)c3oc4cc(C)c(Cl)cc4c(=O)c3C2c2ccc(C(C)C)cc2)cc1. The Morgan fingerprint density at radius 1 is 1.03 bits per heavy atom. The van der Waals surface area contributed by atoms with Crippen LogP contribution in [-0.4, -0.2) is 17.9 Å². The molecule has 5 rings (SSSR count). The minimum absolute atomic E-state index is 0.0932. The number of ether oxygens (including phenoxy) is 1. The van der Waals surface area contributed by atoms with Gasteiger partial charge >= 0.3 is 0 Å². The minimum Gasteiger partial charge on any atom is -0.497 e. The molecule has 0 fully saturated rings. The summed E-state index contributed by atoms with van der Waals surface area (Å²) < 4.78 is 11.3. The summed E-state index contributed by atoms with van der Waals surface area (Å²) in [6.45, 7) is 6.42. The number of benzene rings is 3. The molecule has 178 valence electrons. The van der Waals surface area contributed by atoms with Gasteiger partial charge in [0.05, 0.1) is 24.1 Å². The zero-order valence-electron chi connectivity index (χ0n) is 20.1. The minimum atomic E-state index is -0.568. The Balaban J connectivity index is 1.68. The Kier molecular flexibility index (Phi) is 5.89. The van der Waals surface area contributed by atoms with Gasteiger partial charge in [0.2, 0.25) is 5.76 Å². The average molecular weight is 488 g/mol. The van der Waals surface area contributed by atoms with Gasteiger partial charge in [-0.15, -0.1) is 0 Å². The second-order valence-corrected chi connectivity index (χ2v) is 9.68. The molecule has 4 aromatic rings. The number of fused-ring (bicyclic) bond motifs is 2. The first kappa shape index (κ1) is 23.2. The molecule has 3 aromatic carbocycles. The summed E-state index contributed by atoms with van der Waals surface area (Å²) in [5.74, 6) is 0.897. The number of aryl methyl sites for hydroxylation is 1. The fourth-order valence-corrected chi connectivity index (χ4v) is 4.80. The van der Waals surface area contributed by atoms with Crippen LogP contribution in [0.2, 0.25) is 5.02 Å². The molecule has 1 aliphatic rings. The number of rotatable bonds is 5. The number of halogens is 1. The molecule has 35 heavy (non-hydrogen) atoms. The van der Waals surface area contributed by atoms with Crippen molar-refractivity contribution in [3.63, 3.8) is 0 Å². The molecule has 0 N–H and O–H groups in total. The molecule has 0 spiro atoms. The van der Waals surface area contributed by atoms with E-state index in [1.54, 1.807) is 24.1 Å². The third-order valence-electron chi connectivity index (χ3n) is 6.68. The molecule has 0 bridgehead atoms. The van der Waals surface area contributed by atoms with E-state index < -0.39 is 6.04 Å². The second kappa shape index (κ2) is 8.90. The predicted molar refractivity (Wildman–Crippen MR) is 137 cm³/mol. The number of hydrogen-bond donors (Lipinski definition) is 0. The predicted octanol–water partition coefficient (Wildman–Crippen LogP) is 6.63. The van der Waals surface area contributed by atoms with E-state index in [-0.39, 0.29) is 17.1 Å². The maximum Gasteiger partial charge on any atom is 0.291 e. The maximum atomic E-state index is 13.8. The molecule has 2 heterocycles. The van der Waals surface area contributed by atoms with Crippen molar-refractivity contribution in [2.45, 2.75) is 39.3 Å². The summed E-state index contributed by atoms with van der Waals surface area (Å²) in [5, 5.41) is 0.865. The van der Waals surface area contributed by atoms with Crippen LogP contribution in [0.25, 0.3) is 11.0 Å². The largest absolute Gasteiger partial charge is 0.497 e. The number of carbonyl (C=O) groups excluding carboxylic acids is 1. The first-order valence-electron chi connectivity index (χ1n) is 11.6. The highest BCUT2D eigenvalue weighted by Crippen LogP contribution is 2.40. The number of methoxy groups -OCH3 is 1. The van der Waals surface area contributed by atoms with Crippen LogP contribution in [-0.2, 0) is 6.54 Å². The zero-order valence-corrected chi connectivity index (χ0v) is 20.8. The molecule has 1 unspecified atom stereocenters. The summed E-state index contributed by atoms with van der Waals surface area (Å²) in [6, 6.07) is 18.4. The van der Waals surface area contributed by atoms with E-state index in [0.29, 0.717) is 34.0 Å². The van der Waals surface area contributed by atoms with E-state index in [0.717, 1.165) is 22.4 Å². The van der Waals surface area contributed by atoms with Gasteiger partial charge < -0.3 is 14.1 Å². The van der Waals surface area contributed by atoms with Crippen LogP contribution in [0.15, 0.2) is 69.9 Å². The molecule has 0 aliphatic carbocycles. The lowest BCUT2D eigenvalue weighted by Crippen LogP contribution is -2.29. The van der Waals surface area contributed by atoms with Gasteiger partial charge in [-0.25, -0.2) is 0 Å². The summed E-state index contributed by atoms with van der Waals surface area (Å²) in [5.41, 5.74) is 4.24. The van der Waals surface area contributed by atoms with E-state index in [4.69, 9.17) is 20.8 Å². The lowest BCUT2D eigenvalue weighted by molar-refractivity contribution is 0.0714.